The van der Waals surface area contributed by atoms with Crippen molar-refractivity contribution in [1.82, 2.24) is 0 Å². The molecule has 0 unspecified atom stereocenters. The van der Waals surface area contributed by atoms with Gasteiger partial charge in [0.15, 0.2) is 0 Å². The third-order valence-corrected chi connectivity index (χ3v) is 4.77. The highest BCUT2D eigenvalue weighted by atomic mass is 16.5. The molecule has 160 valence electrons. The van der Waals surface area contributed by atoms with Crippen LogP contribution in [0.25, 0.3) is 0 Å². The molecular weight excluding hydrogens is 384 g/mol. The van der Waals surface area contributed by atoms with Crippen LogP contribution in [0.3, 0.4) is 0 Å². The van der Waals surface area contributed by atoms with Crippen LogP contribution in [-0.2, 0) is 6.42 Å². The van der Waals surface area contributed by atoms with Crippen LogP contribution in [0.4, 0.5) is 22.7 Å². The zero-order chi connectivity index (χ0) is 21.7. The average Bonchev–Trinajstić information content (AvgIpc) is 2.82. The quantitative estimate of drug-likeness (QED) is 0.228. The van der Waals surface area contributed by atoms with E-state index in [0.717, 1.165) is 54.4 Å². The Morgan fingerprint density at radius 3 is 1.42 bits per heavy atom. The van der Waals surface area contributed by atoms with Gasteiger partial charge in [0.05, 0.1) is 29.4 Å². The summed E-state index contributed by atoms with van der Waals surface area (Å²) < 4.78 is 5.66. The second kappa shape index (κ2) is 12.4. The molecule has 0 spiro atoms. The first kappa shape index (κ1) is 22.3. The van der Waals surface area contributed by atoms with Crippen molar-refractivity contribution in [2.45, 2.75) is 46.0 Å². The molecule has 3 aromatic rings. The number of hydrogen-bond acceptors (Lipinski definition) is 5. The number of aryl methyl sites for hydroxylation is 1. The Morgan fingerprint density at radius 1 is 0.548 bits per heavy atom. The second-order valence-electron chi connectivity index (χ2n) is 7.38. The molecule has 5 nitrogen and oxygen atoms in total. The van der Waals surface area contributed by atoms with Gasteiger partial charge < -0.3 is 4.74 Å². The predicted molar refractivity (Wildman–Crippen MR) is 127 cm³/mol. The minimum Gasteiger partial charge on any atom is -0.494 e. The van der Waals surface area contributed by atoms with E-state index in [1.54, 1.807) is 0 Å². The van der Waals surface area contributed by atoms with Gasteiger partial charge in [-0.05, 0) is 85.5 Å². The summed E-state index contributed by atoms with van der Waals surface area (Å²) in [6, 6.07) is 23.5. The van der Waals surface area contributed by atoms with Crippen LogP contribution >= 0.6 is 0 Å². The molecule has 0 atom stereocenters. The molecule has 0 radical (unpaired) electrons. The third-order valence-electron chi connectivity index (χ3n) is 4.77. The molecule has 31 heavy (non-hydrogen) atoms. The molecule has 0 fully saturated rings. The largest absolute Gasteiger partial charge is 0.494 e. The number of hydrogen-bond donors (Lipinski definition) is 0. The van der Waals surface area contributed by atoms with Crippen LogP contribution in [0.5, 0.6) is 5.75 Å². The van der Waals surface area contributed by atoms with E-state index < -0.39 is 0 Å². The zero-order valence-corrected chi connectivity index (χ0v) is 18.4. The summed E-state index contributed by atoms with van der Waals surface area (Å²) in [5, 5.41) is 17.2. The minimum atomic E-state index is 0.741. The van der Waals surface area contributed by atoms with E-state index in [9.17, 15) is 0 Å². The number of nitrogens with zero attached hydrogens (tertiary/aromatic N) is 4. The van der Waals surface area contributed by atoms with Crippen molar-refractivity contribution in [2.24, 2.45) is 20.5 Å². The van der Waals surface area contributed by atoms with Gasteiger partial charge in [0.2, 0.25) is 0 Å². The molecule has 0 aromatic heterocycles. The molecule has 0 bridgehead atoms. The average molecular weight is 415 g/mol. The highest BCUT2D eigenvalue weighted by molar-refractivity contribution is 5.48. The summed E-state index contributed by atoms with van der Waals surface area (Å²) in [6.45, 7) is 5.09. The number of rotatable bonds is 11. The van der Waals surface area contributed by atoms with Crippen molar-refractivity contribution in [2.75, 3.05) is 6.61 Å². The lowest BCUT2D eigenvalue weighted by molar-refractivity contribution is 0.309. The molecule has 0 N–H and O–H groups in total. The van der Waals surface area contributed by atoms with Gasteiger partial charge in [0.1, 0.15) is 5.75 Å². The summed E-state index contributed by atoms with van der Waals surface area (Å²) >= 11 is 0. The fourth-order valence-corrected chi connectivity index (χ4v) is 2.87. The van der Waals surface area contributed by atoms with E-state index >= 15 is 0 Å². The van der Waals surface area contributed by atoms with Gasteiger partial charge in [0, 0.05) is 0 Å². The molecule has 0 aliphatic rings. The molecule has 3 rings (SSSR count). The SMILES string of the molecule is CCCCOc1ccc(/N=N/c2ccc(/N=N/c3ccc(CCCC)cc3)cc2)cc1. The third kappa shape index (κ3) is 7.78. The Kier molecular flexibility index (Phi) is 8.92. The van der Waals surface area contributed by atoms with Gasteiger partial charge >= 0.3 is 0 Å². The minimum absolute atomic E-state index is 0.741. The summed E-state index contributed by atoms with van der Waals surface area (Å²) in [5.41, 5.74) is 4.53. The molecule has 0 aliphatic heterocycles. The van der Waals surface area contributed by atoms with E-state index in [0.29, 0.717) is 0 Å². The van der Waals surface area contributed by atoms with Crippen LogP contribution in [0, 0.1) is 0 Å². The Labute approximate surface area is 184 Å². The van der Waals surface area contributed by atoms with Crippen LogP contribution < -0.4 is 4.74 Å². The molecule has 0 amide bonds. The number of benzene rings is 3. The molecule has 0 aliphatic carbocycles. The topological polar surface area (TPSA) is 58.7 Å². The maximum absolute atomic E-state index is 5.66. The van der Waals surface area contributed by atoms with E-state index in [4.69, 9.17) is 4.74 Å². The first-order valence-corrected chi connectivity index (χ1v) is 11.0. The molecular formula is C26H30N4O. The van der Waals surface area contributed by atoms with Crippen LogP contribution in [0.15, 0.2) is 93.3 Å². The number of azo groups is 2. The fraction of sp³-hybridized carbons (Fsp3) is 0.308. The van der Waals surface area contributed by atoms with Gasteiger partial charge in [-0.1, -0.05) is 38.8 Å². The van der Waals surface area contributed by atoms with Gasteiger partial charge in [-0.15, -0.1) is 0 Å². The van der Waals surface area contributed by atoms with Crippen molar-refractivity contribution in [3.05, 3.63) is 78.4 Å². The van der Waals surface area contributed by atoms with Crippen LogP contribution in [0.2, 0.25) is 0 Å². The molecule has 0 saturated carbocycles. The molecule has 5 heteroatoms. The normalized spacial score (nSPS) is 11.4. The first-order chi connectivity index (χ1) is 15.3. The highest BCUT2D eigenvalue weighted by Crippen LogP contribution is 2.24. The van der Waals surface area contributed by atoms with Crippen molar-refractivity contribution in [3.63, 3.8) is 0 Å². The number of unbranched alkanes of at least 4 members (excludes halogenated alkanes) is 2. The Bertz CT molecular complexity index is 962. The van der Waals surface area contributed by atoms with Crippen molar-refractivity contribution in [3.8, 4) is 5.75 Å². The summed E-state index contributed by atoms with van der Waals surface area (Å²) in [4.78, 5) is 0. The van der Waals surface area contributed by atoms with Gasteiger partial charge in [-0.25, -0.2) is 0 Å². The highest BCUT2D eigenvalue weighted by Gasteiger charge is 1.97. The Morgan fingerprint density at radius 2 is 0.968 bits per heavy atom. The van der Waals surface area contributed by atoms with E-state index in [-0.39, 0.29) is 0 Å². The lowest BCUT2D eigenvalue weighted by Gasteiger charge is -2.04. The second-order valence-corrected chi connectivity index (χ2v) is 7.38. The Balaban J connectivity index is 1.53. The lowest BCUT2D eigenvalue weighted by atomic mass is 10.1. The van der Waals surface area contributed by atoms with E-state index in [1.807, 2.05) is 60.7 Å². The lowest BCUT2D eigenvalue weighted by Crippen LogP contribution is -1.95. The standard InChI is InChI=1S/C26H30N4O/c1-3-5-7-21-8-10-22(11-9-21)27-28-23-12-14-24(15-13-23)29-30-25-16-18-26(19-17-25)31-20-6-4-2/h8-19H,3-7,20H2,1-2H3/b28-27+,30-29+. The van der Waals surface area contributed by atoms with Crippen molar-refractivity contribution < 1.29 is 4.74 Å². The summed E-state index contributed by atoms with van der Waals surface area (Å²) in [5.74, 6) is 0.859. The number of ether oxygens (including phenoxy) is 1. The van der Waals surface area contributed by atoms with Gasteiger partial charge in [-0.2, -0.15) is 20.5 Å². The smallest absolute Gasteiger partial charge is 0.119 e. The predicted octanol–water partition coefficient (Wildman–Crippen LogP) is 9.04. The fourth-order valence-electron chi connectivity index (χ4n) is 2.87. The zero-order valence-electron chi connectivity index (χ0n) is 18.4. The molecule has 0 heterocycles. The summed E-state index contributed by atoms with van der Waals surface area (Å²) in [7, 11) is 0. The van der Waals surface area contributed by atoms with Crippen molar-refractivity contribution in [1.29, 1.82) is 0 Å². The maximum atomic E-state index is 5.66. The first-order valence-electron chi connectivity index (χ1n) is 11.0. The molecule has 0 saturated heterocycles. The van der Waals surface area contributed by atoms with E-state index in [1.165, 1.54) is 18.4 Å². The van der Waals surface area contributed by atoms with Gasteiger partial charge in [-0.3, -0.25) is 0 Å². The van der Waals surface area contributed by atoms with Gasteiger partial charge in [0.25, 0.3) is 0 Å². The maximum Gasteiger partial charge on any atom is 0.119 e. The van der Waals surface area contributed by atoms with Crippen LogP contribution in [-0.4, -0.2) is 6.61 Å². The van der Waals surface area contributed by atoms with Crippen LogP contribution in [0.1, 0.15) is 45.1 Å². The van der Waals surface area contributed by atoms with E-state index in [2.05, 4.69) is 46.4 Å². The summed E-state index contributed by atoms with van der Waals surface area (Å²) in [6.07, 6.45) is 5.71. The monoisotopic (exact) mass is 414 g/mol. The Hall–Kier alpha value is -3.34. The molecule has 3 aromatic carbocycles. The van der Waals surface area contributed by atoms with Crippen molar-refractivity contribution >= 4 is 22.7 Å².